The van der Waals surface area contributed by atoms with Crippen LogP contribution in [0, 0.1) is 0 Å². The van der Waals surface area contributed by atoms with Crippen molar-refractivity contribution in [1.82, 2.24) is 5.32 Å². The number of para-hydroxylation sites is 1. The van der Waals surface area contributed by atoms with E-state index in [1.807, 2.05) is 6.07 Å². The van der Waals surface area contributed by atoms with E-state index in [-0.39, 0.29) is 0 Å². The quantitative estimate of drug-likeness (QED) is 0.840. The second kappa shape index (κ2) is 6.76. The predicted molar refractivity (Wildman–Crippen MR) is 73.3 cm³/mol. The van der Waals surface area contributed by atoms with Gasteiger partial charge in [0.25, 0.3) is 0 Å². The lowest BCUT2D eigenvalue weighted by Gasteiger charge is -2.32. The largest absolute Gasteiger partial charge is 0.493 e. The second-order valence-corrected chi connectivity index (χ2v) is 4.80. The van der Waals surface area contributed by atoms with Crippen molar-refractivity contribution < 1.29 is 9.47 Å². The normalized spacial score (nSPS) is 20.0. The summed E-state index contributed by atoms with van der Waals surface area (Å²) in [4.78, 5) is 0. The Morgan fingerprint density at radius 3 is 3.06 bits per heavy atom. The first-order valence-corrected chi connectivity index (χ1v) is 6.80. The number of rotatable bonds is 6. The highest BCUT2D eigenvalue weighted by molar-refractivity contribution is 5.38. The van der Waals surface area contributed by atoms with Crippen LogP contribution in [0.3, 0.4) is 0 Å². The summed E-state index contributed by atoms with van der Waals surface area (Å²) < 4.78 is 11.1. The summed E-state index contributed by atoms with van der Waals surface area (Å²) in [6, 6.07) is 8.73. The van der Waals surface area contributed by atoms with Gasteiger partial charge < -0.3 is 14.8 Å². The topological polar surface area (TPSA) is 30.5 Å². The van der Waals surface area contributed by atoms with Gasteiger partial charge in [-0.05, 0) is 31.0 Å². The van der Waals surface area contributed by atoms with Gasteiger partial charge in [-0.25, -0.2) is 0 Å². The van der Waals surface area contributed by atoms with Crippen molar-refractivity contribution in [3.05, 3.63) is 29.8 Å². The molecule has 1 heterocycles. The Hall–Kier alpha value is -1.06. The third-order valence-corrected chi connectivity index (χ3v) is 3.49. The Balaban J connectivity index is 2.15. The highest BCUT2D eigenvalue weighted by Crippen LogP contribution is 2.35. The molecule has 18 heavy (non-hydrogen) atoms. The molecule has 0 aromatic heterocycles. The van der Waals surface area contributed by atoms with Gasteiger partial charge in [-0.15, -0.1) is 0 Å². The van der Waals surface area contributed by atoms with E-state index in [1.165, 1.54) is 5.56 Å². The Morgan fingerprint density at radius 1 is 1.44 bits per heavy atom. The summed E-state index contributed by atoms with van der Waals surface area (Å²) in [6.45, 7) is 4.77. The molecule has 1 aliphatic rings. The average molecular weight is 249 g/mol. The van der Waals surface area contributed by atoms with Crippen molar-refractivity contribution in [2.45, 2.75) is 31.7 Å². The van der Waals surface area contributed by atoms with Crippen molar-refractivity contribution in [3.8, 4) is 5.75 Å². The van der Waals surface area contributed by atoms with Gasteiger partial charge in [0.1, 0.15) is 5.75 Å². The van der Waals surface area contributed by atoms with Crippen LogP contribution < -0.4 is 10.1 Å². The van der Waals surface area contributed by atoms with E-state index in [4.69, 9.17) is 9.47 Å². The van der Waals surface area contributed by atoms with Gasteiger partial charge in [-0.1, -0.05) is 25.1 Å². The zero-order valence-corrected chi connectivity index (χ0v) is 11.3. The molecule has 0 radical (unpaired) electrons. The van der Waals surface area contributed by atoms with E-state index in [2.05, 4.69) is 30.4 Å². The molecule has 0 amide bonds. The molecular formula is C15H23NO2. The molecule has 1 N–H and O–H groups in total. The van der Waals surface area contributed by atoms with Crippen molar-refractivity contribution in [1.29, 1.82) is 0 Å². The minimum Gasteiger partial charge on any atom is -0.493 e. The fourth-order valence-electron chi connectivity index (χ4n) is 2.61. The Bertz CT molecular complexity index is 367. The van der Waals surface area contributed by atoms with Crippen molar-refractivity contribution in [2.75, 3.05) is 26.9 Å². The fraction of sp³-hybridized carbons (Fsp3) is 0.600. The number of hydrogen-bond donors (Lipinski definition) is 1. The van der Waals surface area contributed by atoms with Gasteiger partial charge in [0.2, 0.25) is 0 Å². The summed E-state index contributed by atoms with van der Waals surface area (Å²) in [5.74, 6) is 1.52. The van der Waals surface area contributed by atoms with Crippen LogP contribution in [0.5, 0.6) is 5.75 Å². The Labute approximate surface area is 109 Å². The monoisotopic (exact) mass is 249 g/mol. The lowest BCUT2D eigenvalue weighted by molar-refractivity contribution is 0.141. The molecule has 0 aliphatic carbocycles. The maximum absolute atomic E-state index is 5.72. The standard InChI is InChI=1S/C15H23NO2/c1-3-9-16-14(11-17-2)12-8-10-18-15-7-5-4-6-13(12)15/h4-7,12,14,16H,3,8-11H2,1-2H3. The number of ether oxygens (including phenoxy) is 2. The number of hydrogen-bond acceptors (Lipinski definition) is 3. The lowest BCUT2D eigenvalue weighted by atomic mass is 9.87. The van der Waals surface area contributed by atoms with Crippen LogP contribution in [-0.2, 0) is 4.74 Å². The summed E-state index contributed by atoms with van der Waals surface area (Å²) in [7, 11) is 1.77. The number of methoxy groups -OCH3 is 1. The Morgan fingerprint density at radius 2 is 2.28 bits per heavy atom. The van der Waals surface area contributed by atoms with Gasteiger partial charge in [-0.2, -0.15) is 0 Å². The SMILES string of the molecule is CCCNC(COC)C1CCOc2ccccc21. The first-order valence-electron chi connectivity index (χ1n) is 6.80. The van der Waals surface area contributed by atoms with Gasteiger partial charge in [-0.3, -0.25) is 0 Å². The molecule has 0 saturated carbocycles. The van der Waals surface area contributed by atoms with Crippen molar-refractivity contribution >= 4 is 0 Å². The van der Waals surface area contributed by atoms with Crippen LogP contribution in [0.25, 0.3) is 0 Å². The molecule has 0 spiro atoms. The van der Waals surface area contributed by atoms with Gasteiger partial charge in [0, 0.05) is 19.1 Å². The van der Waals surface area contributed by atoms with Gasteiger partial charge in [0.15, 0.2) is 0 Å². The van der Waals surface area contributed by atoms with Gasteiger partial charge in [0.05, 0.1) is 13.2 Å². The summed E-state index contributed by atoms with van der Waals surface area (Å²) in [5.41, 5.74) is 1.31. The highest BCUT2D eigenvalue weighted by Gasteiger charge is 2.28. The molecule has 0 saturated heterocycles. The van der Waals surface area contributed by atoms with Crippen LogP contribution >= 0.6 is 0 Å². The fourth-order valence-corrected chi connectivity index (χ4v) is 2.61. The summed E-state index contributed by atoms with van der Waals surface area (Å²) in [6.07, 6.45) is 2.20. The van der Waals surface area contributed by atoms with E-state index < -0.39 is 0 Å². The molecule has 3 nitrogen and oxygen atoms in total. The van der Waals surface area contributed by atoms with Gasteiger partial charge >= 0.3 is 0 Å². The minimum absolute atomic E-state index is 0.375. The number of fused-ring (bicyclic) bond motifs is 1. The molecule has 100 valence electrons. The summed E-state index contributed by atoms with van der Waals surface area (Å²) in [5, 5.41) is 3.60. The van der Waals surface area contributed by atoms with Crippen LogP contribution in [0.2, 0.25) is 0 Å². The third kappa shape index (κ3) is 3.03. The van der Waals surface area contributed by atoms with Crippen LogP contribution in [-0.4, -0.2) is 32.9 Å². The number of nitrogens with one attached hydrogen (secondary N) is 1. The molecule has 3 heteroatoms. The predicted octanol–water partition coefficient (Wildman–Crippen LogP) is 2.57. The molecule has 0 fully saturated rings. The molecule has 2 rings (SSSR count). The molecule has 2 unspecified atom stereocenters. The molecule has 0 bridgehead atoms. The van der Waals surface area contributed by atoms with E-state index in [1.54, 1.807) is 7.11 Å². The van der Waals surface area contributed by atoms with Crippen LogP contribution in [0.4, 0.5) is 0 Å². The smallest absolute Gasteiger partial charge is 0.122 e. The molecule has 1 aromatic rings. The van der Waals surface area contributed by atoms with E-state index in [0.29, 0.717) is 12.0 Å². The lowest BCUT2D eigenvalue weighted by Crippen LogP contribution is -2.40. The molecule has 1 aromatic carbocycles. The third-order valence-electron chi connectivity index (χ3n) is 3.49. The van der Waals surface area contributed by atoms with E-state index in [0.717, 1.165) is 38.3 Å². The molecule has 2 atom stereocenters. The minimum atomic E-state index is 0.375. The zero-order valence-electron chi connectivity index (χ0n) is 11.3. The van der Waals surface area contributed by atoms with Crippen molar-refractivity contribution in [2.24, 2.45) is 0 Å². The van der Waals surface area contributed by atoms with Crippen LogP contribution in [0.1, 0.15) is 31.2 Å². The average Bonchev–Trinajstić information content (AvgIpc) is 2.43. The molecular weight excluding hydrogens is 226 g/mol. The van der Waals surface area contributed by atoms with E-state index in [9.17, 15) is 0 Å². The first-order chi connectivity index (χ1) is 8.86. The van der Waals surface area contributed by atoms with Crippen LogP contribution in [0.15, 0.2) is 24.3 Å². The maximum Gasteiger partial charge on any atom is 0.122 e. The Kier molecular flexibility index (Phi) is 5.02. The number of benzene rings is 1. The molecule has 1 aliphatic heterocycles. The van der Waals surface area contributed by atoms with Crippen molar-refractivity contribution in [3.63, 3.8) is 0 Å². The summed E-state index contributed by atoms with van der Waals surface area (Å²) >= 11 is 0. The highest BCUT2D eigenvalue weighted by atomic mass is 16.5. The second-order valence-electron chi connectivity index (χ2n) is 4.80. The first kappa shape index (κ1) is 13.4. The van der Waals surface area contributed by atoms with E-state index >= 15 is 0 Å². The zero-order chi connectivity index (χ0) is 12.8. The maximum atomic E-state index is 5.72.